The van der Waals surface area contributed by atoms with Gasteiger partial charge >= 0.3 is 0 Å². The first-order valence-electron chi connectivity index (χ1n) is 10.5. The fourth-order valence-electron chi connectivity index (χ4n) is 4.76. The lowest BCUT2D eigenvalue weighted by atomic mass is 9.92. The van der Waals surface area contributed by atoms with Crippen LogP contribution in [0.15, 0.2) is 30.3 Å². The van der Waals surface area contributed by atoms with Gasteiger partial charge in [0.2, 0.25) is 5.91 Å². The van der Waals surface area contributed by atoms with E-state index in [0.717, 1.165) is 64.0 Å². The van der Waals surface area contributed by atoms with Gasteiger partial charge in [0.25, 0.3) is 5.91 Å². The Hall–Kier alpha value is -1.92. The summed E-state index contributed by atoms with van der Waals surface area (Å²) in [4.78, 5) is 31.7. The van der Waals surface area contributed by atoms with Gasteiger partial charge in [0.1, 0.15) is 6.61 Å². The number of ether oxygens (including phenoxy) is 1. The highest BCUT2D eigenvalue weighted by Gasteiger charge is 2.42. The van der Waals surface area contributed by atoms with Gasteiger partial charge in [0.15, 0.2) is 0 Å². The minimum absolute atomic E-state index is 0.0142. The van der Waals surface area contributed by atoms with E-state index in [9.17, 15) is 9.59 Å². The minimum atomic E-state index is -0.342. The number of nitrogens with zero attached hydrogens (tertiary/aromatic N) is 3. The Labute approximate surface area is 167 Å². The number of amides is 2. The number of anilines is 1. The lowest BCUT2D eigenvalue weighted by Crippen LogP contribution is -2.55. The van der Waals surface area contributed by atoms with Crippen LogP contribution in [-0.2, 0) is 14.3 Å². The van der Waals surface area contributed by atoms with Crippen LogP contribution in [0, 0.1) is 5.92 Å². The fourth-order valence-corrected chi connectivity index (χ4v) is 4.76. The molecule has 6 nitrogen and oxygen atoms in total. The maximum atomic E-state index is 13.0. The molecule has 4 rings (SSSR count). The Bertz CT molecular complexity index is 702. The highest BCUT2D eigenvalue weighted by molar-refractivity contribution is 5.95. The van der Waals surface area contributed by atoms with E-state index in [0.29, 0.717) is 12.5 Å². The van der Waals surface area contributed by atoms with Gasteiger partial charge in [-0.05, 0) is 64.4 Å². The average molecular weight is 386 g/mol. The third-order valence-corrected chi connectivity index (χ3v) is 6.59. The molecular weight excluding hydrogens is 354 g/mol. The largest absolute Gasteiger partial charge is 0.363 e. The molecule has 1 unspecified atom stereocenters. The molecule has 0 bridgehead atoms. The van der Waals surface area contributed by atoms with E-state index in [1.165, 1.54) is 0 Å². The maximum Gasteiger partial charge on any atom is 0.253 e. The molecule has 2 amide bonds. The van der Waals surface area contributed by atoms with E-state index >= 15 is 0 Å². The zero-order valence-corrected chi connectivity index (χ0v) is 16.8. The fraction of sp³-hybridized carbons (Fsp3) is 0.636. The summed E-state index contributed by atoms with van der Waals surface area (Å²) in [7, 11) is 2.12. The number of rotatable bonds is 2. The number of hydrogen-bond donors (Lipinski definition) is 0. The van der Waals surface area contributed by atoms with Crippen LogP contribution in [0.25, 0.3) is 0 Å². The topological polar surface area (TPSA) is 53.1 Å². The normalized spacial score (nSPS) is 27.8. The standard InChI is InChI=1S/C22H31N3O3/c1-23-13-8-18(9-14-23)21(27)24-12-5-10-22(11-15-24)17-25(20(26)16-28-22)19-6-3-2-4-7-19/h2-4,6-7,18H,5,8-17H2,1H3. The van der Waals surface area contributed by atoms with Gasteiger partial charge in [-0.25, -0.2) is 0 Å². The second kappa shape index (κ2) is 8.21. The first-order chi connectivity index (χ1) is 13.6. The number of hydrogen-bond acceptors (Lipinski definition) is 4. The summed E-state index contributed by atoms with van der Waals surface area (Å²) < 4.78 is 6.10. The molecule has 1 atom stereocenters. The first-order valence-corrected chi connectivity index (χ1v) is 10.5. The van der Waals surface area contributed by atoms with Gasteiger partial charge in [-0.3, -0.25) is 9.59 Å². The van der Waals surface area contributed by atoms with Crippen molar-refractivity contribution in [3.63, 3.8) is 0 Å². The van der Waals surface area contributed by atoms with Crippen LogP contribution in [0.4, 0.5) is 5.69 Å². The van der Waals surface area contributed by atoms with Crippen molar-refractivity contribution in [2.24, 2.45) is 5.92 Å². The molecule has 152 valence electrons. The van der Waals surface area contributed by atoms with Gasteiger partial charge in [0, 0.05) is 24.7 Å². The molecule has 1 aromatic rings. The van der Waals surface area contributed by atoms with Crippen LogP contribution in [0.5, 0.6) is 0 Å². The molecule has 0 radical (unpaired) electrons. The Balaban J connectivity index is 1.41. The van der Waals surface area contributed by atoms with Crippen molar-refractivity contribution in [2.45, 2.75) is 37.7 Å². The average Bonchev–Trinajstić information content (AvgIpc) is 2.93. The molecule has 3 aliphatic rings. The summed E-state index contributed by atoms with van der Waals surface area (Å²) in [5.41, 5.74) is 0.588. The second-order valence-electron chi connectivity index (χ2n) is 8.54. The molecule has 1 spiro atoms. The monoisotopic (exact) mass is 385 g/mol. The molecule has 0 N–H and O–H groups in total. The Morgan fingerprint density at radius 2 is 1.82 bits per heavy atom. The Morgan fingerprint density at radius 3 is 2.57 bits per heavy atom. The molecule has 0 aromatic heterocycles. The van der Waals surface area contributed by atoms with Gasteiger partial charge in [0.05, 0.1) is 12.1 Å². The van der Waals surface area contributed by atoms with Crippen molar-refractivity contribution in [3.8, 4) is 0 Å². The summed E-state index contributed by atoms with van der Waals surface area (Å²) in [6.07, 6.45) is 4.53. The van der Waals surface area contributed by atoms with Crippen LogP contribution >= 0.6 is 0 Å². The zero-order chi connectivity index (χ0) is 19.6. The van der Waals surface area contributed by atoms with Crippen LogP contribution in [0.1, 0.15) is 32.1 Å². The highest BCUT2D eigenvalue weighted by Crippen LogP contribution is 2.33. The molecule has 3 aliphatic heterocycles. The molecule has 0 aliphatic carbocycles. The number of piperidine rings is 1. The van der Waals surface area contributed by atoms with Gasteiger partial charge in [-0.1, -0.05) is 18.2 Å². The predicted octanol–water partition coefficient (Wildman–Crippen LogP) is 2.14. The van der Waals surface area contributed by atoms with Gasteiger partial charge in [-0.2, -0.15) is 0 Å². The summed E-state index contributed by atoms with van der Waals surface area (Å²) in [5, 5.41) is 0. The summed E-state index contributed by atoms with van der Waals surface area (Å²) in [5.74, 6) is 0.497. The number of para-hydroxylation sites is 1. The van der Waals surface area contributed by atoms with Gasteiger partial charge < -0.3 is 19.4 Å². The molecular formula is C22H31N3O3. The molecule has 6 heteroatoms. The highest BCUT2D eigenvalue weighted by atomic mass is 16.5. The second-order valence-corrected chi connectivity index (χ2v) is 8.54. The van der Waals surface area contributed by atoms with E-state index in [2.05, 4.69) is 16.8 Å². The van der Waals surface area contributed by atoms with E-state index in [4.69, 9.17) is 4.74 Å². The van der Waals surface area contributed by atoms with Crippen molar-refractivity contribution in [1.29, 1.82) is 0 Å². The predicted molar refractivity (Wildman–Crippen MR) is 108 cm³/mol. The minimum Gasteiger partial charge on any atom is -0.363 e. The third-order valence-electron chi connectivity index (χ3n) is 6.59. The van der Waals surface area contributed by atoms with Crippen molar-refractivity contribution >= 4 is 17.5 Å². The van der Waals surface area contributed by atoms with Crippen LogP contribution in [-0.4, -0.2) is 73.6 Å². The number of benzene rings is 1. The lowest BCUT2D eigenvalue weighted by Gasteiger charge is -2.42. The van der Waals surface area contributed by atoms with E-state index in [1.807, 2.05) is 35.2 Å². The number of likely N-dealkylation sites (tertiary alicyclic amines) is 2. The van der Waals surface area contributed by atoms with E-state index < -0.39 is 0 Å². The van der Waals surface area contributed by atoms with Crippen molar-refractivity contribution in [3.05, 3.63) is 30.3 Å². The van der Waals surface area contributed by atoms with E-state index in [1.54, 1.807) is 0 Å². The SMILES string of the molecule is CN1CCC(C(=O)N2CCCC3(CC2)CN(c2ccccc2)C(=O)CO3)CC1. The lowest BCUT2D eigenvalue weighted by molar-refractivity contribution is -0.142. The first kappa shape index (κ1) is 19.4. The van der Waals surface area contributed by atoms with Crippen molar-refractivity contribution in [2.75, 3.05) is 51.3 Å². The number of carbonyl (C=O) groups excluding carboxylic acids is 2. The summed E-state index contributed by atoms with van der Waals surface area (Å²) >= 11 is 0. The molecule has 3 fully saturated rings. The van der Waals surface area contributed by atoms with Crippen LogP contribution in [0.3, 0.4) is 0 Å². The molecule has 3 saturated heterocycles. The number of morpholine rings is 1. The smallest absolute Gasteiger partial charge is 0.253 e. The molecule has 1 aromatic carbocycles. The molecule has 28 heavy (non-hydrogen) atoms. The molecule has 0 saturated carbocycles. The van der Waals surface area contributed by atoms with Crippen LogP contribution < -0.4 is 4.90 Å². The van der Waals surface area contributed by atoms with Crippen LogP contribution in [0.2, 0.25) is 0 Å². The maximum absolute atomic E-state index is 13.0. The van der Waals surface area contributed by atoms with Crippen molar-refractivity contribution in [1.82, 2.24) is 9.80 Å². The molecule has 3 heterocycles. The van der Waals surface area contributed by atoms with Crippen molar-refractivity contribution < 1.29 is 14.3 Å². The zero-order valence-electron chi connectivity index (χ0n) is 16.8. The van der Waals surface area contributed by atoms with E-state index in [-0.39, 0.29) is 24.0 Å². The Morgan fingerprint density at radius 1 is 1.07 bits per heavy atom. The summed E-state index contributed by atoms with van der Waals surface area (Å²) in [6, 6.07) is 9.83. The Kier molecular flexibility index (Phi) is 5.69. The third kappa shape index (κ3) is 4.08. The van der Waals surface area contributed by atoms with Gasteiger partial charge in [-0.15, -0.1) is 0 Å². The quantitative estimate of drug-likeness (QED) is 0.783. The number of carbonyl (C=O) groups is 2. The summed E-state index contributed by atoms with van der Waals surface area (Å²) in [6.45, 7) is 4.23.